The first kappa shape index (κ1) is 11.8. The fourth-order valence-electron chi connectivity index (χ4n) is 2.32. The van der Waals surface area contributed by atoms with E-state index in [9.17, 15) is 9.59 Å². The van der Waals surface area contributed by atoms with Crippen LogP contribution in [0.25, 0.3) is 11.0 Å². The van der Waals surface area contributed by atoms with E-state index in [1.165, 1.54) is 4.90 Å². The molecule has 98 valence electrons. The van der Waals surface area contributed by atoms with Gasteiger partial charge < -0.3 is 14.4 Å². The molecule has 0 spiro atoms. The molecule has 1 saturated heterocycles. The first-order valence-electron chi connectivity index (χ1n) is 6.08. The van der Waals surface area contributed by atoms with E-state index in [4.69, 9.17) is 9.52 Å². The molecule has 0 bridgehead atoms. The van der Waals surface area contributed by atoms with Crippen molar-refractivity contribution in [3.8, 4) is 0 Å². The number of fused-ring (bicyclic) bond motifs is 1. The van der Waals surface area contributed by atoms with Crippen molar-refractivity contribution in [2.45, 2.75) is 6.92 Å². The Bertz CT molecular complexity index is 667. The predicted molar refractivity (Wildman–Crippen MR) is 68.0 cm³/mol. The topological polar surface area (TPSA) is 70.8 Å². The Balaban J connectivity index is 1.87. The summed E-state index contributed by atoms with van der Waals surface area (Å²) in [4.78, 5) is 24.5. The predicted octanol–water partition coefficient (Wildman–Crippen LogP) is 1.90. The van der Waals surface area contributed by atoms with Gasteiger partial charge in [0, 0.05) is 24.0 Å². The van der Waals surface area contributed by atoms with Crippen molar-refractivity contribution in [2.75, 3.05) is 13.1 Å². The molecule has 19 heavy (non-hydrogen) atoms. The number of hydrogen-bond acceptors (Lipinski definition) is 3. The van der Waals surface area contributed by atoms with E-state index in [1.54, 1.807) is 0 Å². The van der Waals surface area contributed by atoms with Gasteiger partial charge in [-0.3, -0.25) is 9.59 Å². The molecule has 2 aromatic rings. The Kier molecular flexibility index (Phi) is 2.55. The number of likely N-dealkylation sites (tertiary alicyclic amines) is 1. The standard InChI is InChI=1S/C14H13NO4/c1-8-10-4-2-3-5-11(10)19-12(8)13(16)15-6-9(7-15)14(17)18/h2-5,9H,6-7H2,1H3,(H,17,18). The van der Waals surface area contributed by atoms with E-state index in [0.29, 0.717) is 11.3 Å². The number of amides is 1. The number of aryl methyl sites for hydroxylation is 1. The Morgan fingerprint density at radius 1 is 1.32 bits per heavy atom. The van der Waals surface area contributed by atoms with Gasteiger partial charge in [0.1, 0.15) is 5.58 Å². The van der Waals surface area contributed by atoms with Gasteiger partial charge in [0.15, 0.2) is 5.76 Å². The van der Waals surface area contributed by atoms with Crippen LogP contribution in [0, 0.1) is 12.8 Å². The van der Waals surface area contributed by atoms with Crippen LogP contribution in [0.2, 0.25) is 0 Å². The van der Waals surface area contributed by atoms with Crippen LogP contribution in [-0.4, -0.2) is 35.0 Å². The van der Waals surface area contributed by atoms with Crippen LogP contribution in [0.15, 0.2) is 28.7 Å². The van der Waals surface area contributed by atoms with Gasteiger partial charge in [0.25, 0.3) is 5.91 Å². The third-order valence-corrected chi connectivity index (χ3v) is 3.56. The number of carbonyl (C=O) groups excluding carboxylic acids is 1. The van der Waals surface area contributed by atoms with E-state index in [-0.39, 0.29) is 19.0 Å². The number of aliphatic carboxylic acids is 1. The minimum atomic E-state index is -0.856. The summed E-state index contributed by atoms with van der Waals surface area (Å²) in [6.07, 6.45) is 0. The Hall–Kier alpha value is -2.30. The lowest BCUT2D eigenvalue weighted by molar-refractivity contribution is -0.146. The Morgan fingerprint density at radius 3 is 2.63 bits per heavy atom. The van der Waals surface area contributed by atoms with Crippen LogP contribution in [-0.2, 0) is 4.79 Å². The molecule has 1 N–H and O–H groups in total. The highest BCUT2D eigenvalue weighted by molar-refractivity contribution is 5.99. The molecule has 2 heterocycles. The molecular formula is C14H13NO4. The fraction of sp³-hybridized carbons (Fsp3) is 0.286. The highest BCUT2D eigenvalue weighted by Crippen LogP contribution is 2.28. The van der Waals surface area contributed by atoms with Crippen molar-refractivity contribution >= 4 is 22.8 Å². The lowest BCUT2D eigenvalue weighted by Gasteiger charge is -2.36. The number of benzene rings is 1. The average Bonchev–Trinajstić information content (AvgIpc) is 2.65. The third kappa shape index (κ3) is 1.78. The molecule has 1 aromatic heterocycles. The number of carbonyl (C=O) groups is 2. The monoisotopic (exact) mass is 259 g/mol. The van der Waals surface area contributed by atoms with Crippen molar-refractivity contribution in [2.24, 2.45) is 5.92 Å². The molecule has 5 nitrogen and oxygen atoms in total. The van der Waals surface area contributed by atoms with Crippen molar-refractivity contribution in [3.63, 3.8) is 0 Å². The van der Waals surface area contributed by atoms with E-state index < -0.39 is 11.9 Å². The largest absolute Gasteiger partial charge is 0.481 e. The first-order valence-corrected chi connectivity index (χ1v) is 6.08. The smallest absolute Gasteiger partial charge is 0.310 e. The van der Waals surface area contributed by atoms with Crippen LogP contribution in [0.1, 0.15) is 16.1 Å². The molecule has 5 heteroatoms. The Morgan fingerprint density at radius 2 is 2.00 bits per heavy atom. The first-order chi connectivity index (χ1) is 9.08. The Labute approximate surface area is 109 Å². The van der Waals surface area contributed by atoms with Crippen LogP contribution in [0.4, 0.5) is 0 Å². The summed E-state index contributed by atoms with van der Waals surface area (Å²) in [5, 5.41) is 9.73. The number of rotatable bonds is 2. The van der Waals surface area contributed by atoms with Gasteiger partial charge in [-0.2, -0.15) is 0 Å². The molecule has 0 atom stereocenters. The normalized spacial score (nSPS) is 15.5. The van der Waals surface area contributed by atoms with Crippen molar-refractivity contribution in [1.29, 1.82) is 0 Å². The zero-order chi connectivity index (χ0) is 13.6. The van der Waals surface area contributed by atoms with Gasteiger partial charge in [0.05, 0.1) is 5.92 Å². The van der Waals surface area contributed by atoms with Gasteiger partial charge in [-0.1, -0.05) is 18.2 Å². The summed E-state index contributed by atoms with van der Waals surface area (Å²) in [7, 11) is 0. The number of nitrogens with zero attached hydrogens (tertiary/aromatic N) is 1. The van der Waals surface area contributed by atoms with Crippen LogP contribution >= 0.6 is 0 Å². The lowest BCUT2D eigenvalue weighted by Crippen LogP contribution is -2.53. The van der Waals surface area contributed by atoms with Gasteiger partial charge in [-0.15, -0.1) is 0 Å². The fourth-order valence-corrected chi connectivity index (χ4v) is 2.32. The van der Waals surface area contributed by atoms with Crippen LogP contribution in [0.3, 0.4) is 0 Å². The highest BCUT2D eigenvalue weighted by Gasteiger charge is 2.37. The minimum absolute atomic E-state index is 0.230. The number of hydrogen-bond donors (Lipinski definition) is 1. The molecule has 1 fully saturated rings. The maximum Gasteiger partial charge on any atom is 0.310 e. The summed E-state index contributed by atoms with van der Waals surface area (Å²) in [6, 6.07) is 7.46. The zero-order valence-corrected chi connectivity index (χ0v) is 10.4. The SMILES string of the molecule is Cc1c(C(=O)N2CC(C(=O)O)C2)oc2ccccc12. The van der Waals surface area contributed by atoms with E-state index in [1.807, 2.05) is 31.2 Å². The van der Waals surface area contributed by atoms with E-state index >= 15 is 0 Å². The molecule has 0 saturated carbocycles. The number of carboxylic acids is 1. The van der Waals surface area contributed by atoms with Crippen LogP contribution < -0.4 is 0 Å². The highest BCUT2D eigenvalue weighted by atomic mass is 16.4. The summed E-state index contributed by atoms with van der Waals surface area (Å²) in [5.41, 5.74) is 1.48. The van der Waals surface area contributed by atoms with E-state index in [0.717, 1.165) is 10.9 Å². The van der Waals surface area contributed by atoms with Gasteiger partial charge >= 0.3 is 5.97 Å². The lowest BCUT2D eigenvalue weighted by atomic mass is 10.00. The van der Waals surface area contributed by atoms with Crippen LogP contribution in [0.5, 0.6) is 0 Å². The molecule has 0 aliphatic carbocycles. The summed E-state index contributed by atoms with van der Waals surface area (Å²) in [5.74, 6) is -1.23. The van der Waals surface area contributed by atoms with Gasteiger partial charge in [0.2, 0.25) is 0 Å². The van der Waals surface area contributed by atoms with E-state index in [2.05, 4.69) is 0 Å². The second kappa shape index (κ2) is 4.12. The van der Waals surface area contributed by atoms with Gasteiger partial charge in [-0.05, 0) is 13.0 Å². The molecule has 0 unspecified atom stereocenters. The molecule has 1 aliphatic rings. The summed E-state index contributed by atoms with van der Waals surface area (Å²) < 4.78 is 5.57. The maximum atomic E-state index is 12.2. The second-order valence-corrected chi connectivity index (χ2v) is 4.80. The molecule has 1 aromatic carbocycles. The molecule has 0 radical (unpaired) electrons. The van der Waals surface area contributed by atoms with Gasteiger partial charge in [-0.25, -0.2) is 0 Å². The van der Waals surface area contributed by atoms with Crippen molar-refractivity contribution < 1.29 is 19.1 Å². The maximum absolute atomic E-state index is 12.2. The zero-order valence-electron chi connectivity index (χ0n) is 10.4. The molecule has 3 rings (SSSR count). The number of furan rings is 1. The molecule has 1 amide bonds. The number of carboxylic acid groups (broad SMARTS) is 1. The van der Waals surface area contributed by atoms with Crippen molar-refractivity contribution in [3.05, 3.63) is 35.6 Å². The van der Waals surface area contributed by atoms with Crippen molar-refractivity contribution in [1.82, 2.24) is 4.90 Å². The minimum Gasteiger partial charge on any atom is -0.481 e. The summed E-state index contributed by atoms with van der Waals surface area (Å²) >= 11 is 0. The second-order valence-electron chi connectivity index (χ2n) is 4.80. The molecular weight excluding hydrogens is 246 g/mol. The average molecular weight is 259 g/mol. The number of para-hydroxylation sites is 1. The third-order valence-electron chi connectivity index (χ3n) is 3.56. The quantitative estimate of drug-likeness (QED) is 0.894. The summed E-state index contributed by atoms with van der Waals surface area (Å²) in [6.45, 7) is 2.35. The molecule has 1 aliphatic heterocycles.